The standard InChI is InChI=1S/C12H10BrN3O/c13-10-6-8-12(9-7-10)16(17)15-14-11-4-2-1-3-5-11/h1-9,14H/b16-15-. The molecular weight excluding hydrogens is 282 g/mol. The van der Waals surface area contributed by atoms with Crippen LogP contribution in [0.1, 0.15) is 0 Å². The number of hydrogen-bond acceptors (Lipinski definition) is 2. The van der Waals surface area contributed by atoms with Crippen LogP contribution in [0, 0.1) is 5.21 Å². The molecule has 2 aromatic rings. The summed E-state index contributed by atoms with van der Waals surface area (Å²) >= 11 is 3.30. The second-order valence-electron chi connectivity index (χ2n) is 3.33. The van der Waals surface area contributed by atoms with Gasteiger partial charge in [-0.1, -0.05) is 34.1 Å². The van der Waals surface area contributed by atoms with Crippen molar-refractivity contribution in [2.24, 2.45) is 5.22 Å². The minimum atomic E-state index is 0.469. The van der Waals surface area contributed by atoms with Crippen molar-refractivity contribution in [3.8, 4) is 0 Å². The zero-order chi connectivity index (χ0) is 12.1. The molecule has 0 aromatic heterocycles. The van der Waals surface area contributed by atoms with Crippen LogP contribution in [0.15, 0.2) is 64.3 Å². The molecule has 0 radical (unpaired) electrons. The molecule has 1 N–H and O–H groups in total. The Kier molecular flexibility index (Phi) is 3.72. The van der Waals surface area contributed by atoms with Crippen LogP contribution < -0.4 is 5.43 Å². The molecule has 0 heterocycles. The fraction of sp³-hybridized carbons (Fsp3) is 0. The maximum absolute atomic E-state index is 11.6. The first-order valence-corrected chi connectivity index (χ1v) is 5.79. The summed E-state index contributed by atoms with van der Waals surface area (Å²) in [5.74, 6) is 0. The second-order valence-corrected chi connectivity index (χ2v) is 4.24. The van der Waals surface area contributed by atoms with Crippen LogP contribution in [0.5, 0.6) is 0 Å². The Morgan fingerprint density at radius 2 is 1.65 bits per heavy atom. The highest BCUT2D eigenvalue weighted by atomic mass is 79.9. The average molecular weight is 292 g/mol. The predicted octanol–water partition coefficient (Wildman–Crippen LogP) is 4.07. The van der Waals surface area contributed by atoms with Gasteiger partial charge in [-0.05, 0) is 36.4 Å². The zero-order valence-corrected chi connectivity index (χ0v) is 10.5. The van der Waals surface area contributed by atoms with Gasteiger partial charge in [0.15, 0.2) is 5.69 Å². The number of hydrogen-bond donors (Lipinski definition) is 1. The van der Waals surface area contributed by atoms with Gasteiger partial charge in [0.05, 0.1) is 5.22 Å². The molecule has 0 atom stereocenters. The highest BCUT2D eigenvalue weighted by molar-refractivity contribution is 9.10. The lowest BCUT2D eigenvalue weighted by Gasteiger charge is -2.04. The normalized spacial score (nSPS) is 11.2. The summed E-state index contributed by atoms with van der Waals surface area (Å²) in [7, 11) is 0. The lowest BCUT2D eigenvalue weighted by molar-refractivity contribution is -0.439. The summed E-state index contributed by atoms with van der Waals surface area (Å²) in [5, 5.41) is 15.3. The van der Waals surface area contributed by atoms with Gasteiger partial charge in [0.25, 0.3) is 0 Å². The highest BCUT2D eigenvalue weighted by Crippen LogP contribution is 2.16. The summed E-state index contributed by atoms with van der Waals surface area (Å²) in [6, 6.07) is 16.3. The number of nitrogens with one attached hydrogen (secondary N) is 1. The van der Waals surface area contributed by atoms with Crippen molar-refractivity contribution in [1.82, 2.24) is 0 Å². The Balaban J connectivity index is 2.10. The molecule has 0 saturated carbocycles. The van der Waals surface area contributed by atoms with E-state index in [4.69, 9.17) is 0 Å². The number of anilines is 1. The smallest absolute Gasteiger partial charge is 0.154 e. The van der Waals surface area contributed by atoms with Gasteiger partial charge in [-0.2, -0.15) is 0 Å². The number of para-hydroxylation sites is 1. The SMILES string of the molecule is [O-]/[N+](=N\Nc1ccccc1)c1ccc(Br)cc1. The van der Waals surface area contributed by atoms with E-state index < -0.39 is 0 Å². The second kappa shape index (κ2) is 5.45. The van der Waals surface area contributed by atoms with Crippen molar-refractivity contribution in [3.63, 3.8) is 0 Å². The third-order valence-corrected chi connectivity index (χ3v) is 2.62. The third-order valence-electron chi connectivity index (χ3n) is 2.09. The van der Waals surface area contributed by atoms with E-state index in [0.29, 0.717) is 10.5 Å². The maximum Gasteiger partial charge on any atom is 0.154 e. The molecule has 0 bridgehead atoms. The quantitative estimate of drug-likeness (QED) is 0.526. The first-order valence-electron chi connectivity index (χ1n) is 5.00. The van der Waals surface area contributed by atoms with Crippen molar-refractivity contribution in [3.05, 3.63) is 64.3 Å². The Labute approximate surface area is 107 Å². The molecule has 17 heavy (non-hydrogen) atoms. The van der Waals surface area contributed by atoms with Crippen molar-refractivity contribution < 1.29 is 4.86 Å². The first kappa shape index (κ1) is 11.6. The molecule has 0 aliphatic carbocycles. The summed E-state index contributed by atoms with van der Waals surface area (Å²) < 4.78 is 0.922. The van der Waals surface area contributed by atoms with Crippen LogP contribution in [-0.2, 0) is 0 Å². The van der Waals surface area contributed by atoms with Gasteiger partial charge >= 0.3 is 0 Å². The van der Waals surface area contributed by atoms with Crippen molar-refractivity contribution in [2.45, 2.75) is 0 Å². The van der Waals surface area contributed by atoms with Gasteiger partial charge in [-0.3, -0.25) is 0 Å². The van der Waals surface area contributed by atoms with E-state index in [1.54, 1.807) is 24.3 Å². The van der Waals surface area contributed by atoms with Crippen LogP contribution in [0.4, 0.5) is 11.4 Å². The molecule has 0 spiro atoms. The van der Waals surface area contributed by atoms with Crippen LogP contribution in [0.3, 0.4) is 0 Å². The van der Waals surface area contributed by atoms with Gasteiger partial charge in [0.1, 0.15) is 5.69 Å². The Hall–Kier alpha value is -1.88. The number of rotatable bonds is 3. The lowest BCUT2D eigenvalue weighted by Crippen LogP contribution is -1.97. The van der Waals surface area contributed by atoms with Crippen LogP contribution in [0.2, 0.25) is 0 Å². The van der Waals surface area contributed by atoms with Crippen LogP contribution >= 0.6 is 15.9 Å². The fourth-order valence-corrected chi connectivity index (χ4v) is 1.51. The molecule has 2 aromatic carbocycles. The van der Waals surface area contributed by atoms with Crippen molar-refractivity contribution in [1.29, 1.82) is 0 Å². The Morgan fingerprint density at radius 3 is 2.29 bits per heavy atom. The van der Waals surface area contributed by atoms with E-state index in [1.807, 2.05) is 30.3 Å². The molecule has 2 rings (SSSR count). The van der Waals surface area contributed by atoms with E-state index in [1.165, 1.54) is 0 Å². The molecule has 0 saturated heterocycles. The average Bonchev–Trinajstić information content (AvgIpc) is 2.38. The minimum Gasteiger partial charge on any atom is -0.691 e. The number of halogens is 1. The van der Waals surface area contributed by atoms with E-state index in [2.05, 4.69) is 26.6 Å². The summed E-state index contributed by atoms with van der Waals surface area (Å²) in [5.41, 5.74) is 3.92. The molecule has 4 nitrogen and oxygen atoms in total. The van der Waals surface area contributed by atoms with E-state index in [0.717, 1.165) is 10.2 Å². The van der Waals surface area contributed by atoms with Gasteiger partial charge in [0.2, 0.25) is 0 Å². The summed E-state index contributed by atoms with van der Waals surface area (Å²) in [6.45, 7) is 0. The number of nitrogens with zero attached hydrogens (tertiary/aromatic N) is 2. The molecule has 0 fully saturated rings. The summed E-state index contributed by atoms with van der Waals surface area (Å²) in [4.78, 5) is 0.541. The fourth-order valence-electron chi connectivity index (χ4n) is 1.24. The highest BCUT2D eigenvalue weighted by Gasteiger charge is 1.98. The summed E-state index contributed by atoms with van der Waals surface area (Å²) in [6.07, 6.45) is 0. The molecule has 5 heteroatoms. The maximum atomic E-state index is 11.6. The number of benzene rings is 2. The topological polar surface area (TPSA) is 50.5 Å². The molecule has 0 aliphatic rings. The zero-order valence-electron chi connectivity index (χ0n) is 8.88. The van der Waals surface area contributed by atoms with Crippen LogP contribution in [0.25, 0.3) is 0 Å². The first-order chi connectivity index (χ1) is 8.25. The van der Waals surface area contributed by atoms with Gasteiger partial charge in [0, 0.05) is 4.47 Å². The molecule has 0 unspecified atom stereocenters. The third kappa shape index (κ3) is 3.29. The molecule has 86 valence electrons. The largest absolute Gasteiger partial charge is 0.691 e. The van der Waals surface area contributed by atoms with E-state index >= 15 is 0 Å². The molecule has 0 amide bonds. The Morgan fingerprint density at radius 1 is 1.00 bits per heavy atom. The van der Waals surface area contributed by atoms with Gasteiger partial charge in [-0.15, -0.1) is 10.3 Å². The van der Waals surface area contributed by atoms with E-state index in [-0.39, 0.29) is 0 Å². The van der Waals surface area contributed by atoms with Gasteiger partial charge < -0.3 is 5.21 Å². The van der Waals surface area contributed by atoms with Gasteiger partial charge in [-0.25, -0.2) is 0 Å². The molecule has 0 aliphatic heterocycles. The molecular formula is C12H10BrN3O. The van der Waals surface area contributed by atoms with Crippen molar-refractivity contribution in [2.75, 3.05) is 5.43 Å². The lowest BCUT2D eigenvalue weighted by atomic mass is 10.3. The monoisotopic (exact) mass is 291 g/mol. The predicted molar refractivity (Wildman–Crippen MR) is 69.9 cm³/mol. The van der Waals surface area contributed by atoms with Crippen molar-refractivity contribution >= 4 is 27.3 Å². The minimum absolute atomic E-state index is 0.469. The van der Waals surface area contributed by atoms with E-state index in [9.17, 15) is 5.21 Å². The van der Waals surface area contributed by atoms with Crippen LogP contribution in [-0.4, -0.2) is 4.86 Å². The Bertz CT molecular complexity index is 511.